The maximum atomic E-state index is 6.22. The second kappa shape index (κ2) is 6.77. The Morgan fingerprint density at radius 1 is 1.42 bits per heavy atom. The molecule has 0 aliphatic carbocycles. The Bertz CT molecular complexity index is 538. The number of furan rings is 1. The van der Waals surface area contributed by atoms with Gasteiger partial charge in [0.05, 0.1) is 14.7 Å². The van der Waals surface area contributed by atoms with Crippen LogP contribution in [0.15, 0.2) is 22.6 Å². The van der Waals surface area contributed by atoms with Gasteiger partial charge in [0.2, 0.25) is 0 Å². The van der Waals surface area contributed by atoms with Gasteiger partial charge in [0.1, 0.15) is 18.1 Å². The zero-order chi connectivity index (χ0) is 13.8. The van der Waals surface area contributed by atoms with E-state index in [9.17, 15) is 0 Å². The van der Waals surface area contributed by atoms with Crippen molar-refractivity contribution in [3.8, 4) is 0 Å². The number of rotatable bonds is 6. The quantitative estimate of drug-likeness (QED) is 0.851. The first-order valence-corrected chi connectivity index (χ1v) is 7.48. The van der Waals surface area contributed by atoms with Crippen molar-refractivity contribution in [3.63, 3.8) is 0 Å². The maximum Gasteiger partial charge on any atom is 0.129 e. The second-order valence-electron chi connectivity index (χ2n) is 4.01. The molecular weight excluding hydrogens is 305 g/mol. The van der Waals surface area contributed by atoms with Crippen LogP contribution in [0.3, 0.4) is 0 Å². The van der Waals surface area contributed by atoms with Crippen LogP contribution < -0.4 is 5.32 Å². The number of ether oxygens (including phenoxy) is 1. The standard InChI is InChI=1S/C13H15Cl2NO2S/c1-3-16-12(9-6-11(14)19-13(9)15)10-5-4-8(18-10)7-17-2/h4-6,12,16H,3,7H2,1-2H3. The monoisotopic (exact) mass is 319 g/mol. The fraction of sp³-hybridized carbons (Fsp3) is 0.385. The second-order valence-corrected chi connectivity index (χ2v) is 6.29. The predicted molar refractivity (Wildman–Crippen MR) is 79.3 cm³/mol. The average molecular weight is 320 g/mol. The van der Waals surface area contributed by atoms with Crippen molar-refractivity contribution in [2.75, 3.05) is 13.7 Å². The number of thiophene rings is 1. The van der Waals surface area contributed by atoms with E-state index in [1.54, 1.807) is 7.11 Å². The fourth-order valence-corrected chi connectivity index (χ4v) is 3.42. The number of halogens is 2. The van der Waals surface area contributed by atoms with Crippen LogP contribution in [0.4, 0.5) is 0 Å². The summed E-state index contributed by atoms with van der Waals surface area (Å²) in [6.45, 7) is 3.29. The van der Waals surface area contributed by atoms with Crippen molar-refractivity contribution >= 4 is 34.5 Å². The third-order valence-electron chi connectivity index (χ3n) is 2.66. The lowest BCUT2D eigenvalue weighted by Gasteiger charge is -2.15. The first-order valence-electron chi connectivity index (χ1n) is 5.91. The highest BCUT2D eigenvalue weighted by Gasteiger charge is 2.21. The molecule has 0 aliphatic heterocycles. The Labute approximate surface area is 126 Å². The summed E-state index contributed by atoms with van der Waals surface area (Å²) in [6.07, 6.45) is 0. The van der Waals surface area contributed by atoms with Gasteiger partial charge in [0, 0.05) is 12.7 Å². The highest BCUT2D eigenvalue weighted by atomic mass is 35.5. The lowest BCUT2D eigenvalue weighted by molar-refractivity contribution is 0.162. The normalized spacial score (nSPS) is 12.8. The molecule has 0 aromatic carbocycles. The van der Waals surface area contributed by atoms with E-state index in [0.29, 0.717) is 15.3 Å². The molecule has 1 atom stereocenters. The van der Waals surface area contributed by atoms with Crippen molar-refractivity contribution < 1.29 is 9.15 Å². The van der Waals surface area contributed by atoms with Crippen molar-refractivity contribution in [1.29, 1.82) is 0 Å². The molecule has 6 heteroatoms. The minimum absolute atomic E-state index is 0.0909. The number of nitrogens with one attached hydrogen (secondary N) is 1. The summed E-state index contributed by atoms with van der Waals surface area (Å²) in [7, 11) is 1.64. The summed E-state index contributed by atoms with van der Waals surface area (Å²) >= 11 is 13.6. The Morgan fingerprint density at radius 3 is 2.79 bits per heavy atom. The van der Waals surface area contributed by atoms with Crippen LogP contribution in [0.2, 0.25) is 8.67 Å². The van der Waals surface area contributed by atoms with E-state index < -0.39 is 0 Å². The van der Waals surface area contributed by atoms with Crippen molar-refractivity contribution in [3.05, 3.63) is 44.0 Å². The lowest BCUT2D eigenvalue weighted by Crippen LogP contribution is -2.21. The first-order chi connectivity index (χ1) is 9.15. The van der Waals surface area contributed by atoms with Crippen LogP contribution in [0.5, 0.6) is 0 Å². The van der Waals surface area contributed by atoms with Gasteiger partial charge in [-0.15, -0.1) is 11.3 Å². The lowest BCUT2D eigenvalue weighted by atomic mass is 10.1. The predicted octanol–water partition coefficient (Wildman–Crippen LogP) is 4.49. The Balaban J connectivity index is 2.30. The van der Waals surface area contributed by atoms with E-state index in [2.05, 4.69) is 5.32 Å². The molecule has 2 aromatic heterocycles. The summed E-state index contributed by atoms with van der Waals surface area (Å²) in [5.74, 6) is 1.60. The van der Waals surface area contributed by atoms with Gasteiger partial charge in [-0.25, -0.2) is 0 Å². The maximum absolute atomic E-state index is 6.22. The van der Waals surface area contributed by atoms with Crippen molar-refractivity contribution in [2.24, 2.45) is 0 Å². The molecule has 1 N–H and O–H groups in total. The average Bonchev–Trinajstić information content (AvgIpc) is 2.94. The van der Waals surface area contributed by atoms with Gasteiger partial charge < -0.3 is 14.5 Å². The van der Waals surface area contributed by atoms with Gasteiger partial charge >= 0.3 is 0 Å². The molecule has 0 radical (unpaired) electrons. The molecule has 2 heterocycles. The van der Waals surface area contributed by atoms with E-state index in [0.717, 1.165) is 23.6 Å². The molecule has 19 heavy (non-hydrogen) atoms. The summed E-state index contributed by atoms with van der Waals surface area (Å²) < 4.78 is 12.2. The molecule has 0 fully saturated rings. The van der Waals surface area contributed by atoms with Crippen LogP contribution in [-0.4, -0.2) is 13.7 Å². The van der Waals surface area contributed by atoms with Crippen LogP contribution in [0.1, 0.15) is 30.0 Å². The van der Waals surface area contributed by atoms with Gasteiger partial charge in [-0.2, -0.15) is 0 Å². The molecule has 0 amide bonds. The van der Waals surface area contributed by atoms with Gasteiger partial charge in [0.25, 0.3) is 0 Å². The van der Waals surface area contributed by atoms with E-state index in [1.807, 2.05) is 25.1 Å². The van der Waals surface area contributed by atoms with Crippen LogP contribution in [0.25, 0.3) is 0 Å². The highest BCUT2D eigenvalue weighted by molar-refractivity contribution is 7.20. The van der Waals surface area contributed by atoms with Crippen LogP contribution >= 0.6 is 34.5 Å². The van der Waals surface area contributed by atoms with E-state index in [4.69, 9.17) is 32.4 Å². The first kappa shape index (κ1) is 14.9. The Morgan fingerprint density at radius 2 is 2.21 bits per heavy atom. The largest absolute Gasteiger partial charge is 0.462 e. The molecule has 2 aromatic rings. The molecule has 0 saturated carbocycles. The zero-order valence-corrected chi connectivity index (χ0v) is 13.0. The minimum atomic E-state index is -0.0909. The fourth-order valence-electron chi connectivity index (χ4n) is 1.89. The molecular formula is C13H15Cl2NO2S. The Hall–Kier alpha value is -0.520. The highest BCUT2D eigenvalue weighted by Crippen LogP contribution is 2.37. The van der Waals surface area contributed by atoms with Gasteiger partial charge in [-0.1, -0.05) is 30.1 Å². The van der Waals surface area contributed by atoms with Gasteiger partial charge in [-0.3, -0.25) is 0 Å². The number of methoxy groups -OCH3 is 1. The van der Waals surface area contributed by atoms with E-state index >= 15 is 0 Å². The number of hydrogen-bond acceptors (Lipinski definition) is 4. The SMILES string of the molecule is CCNC(c1ccc(COC)o1)c1cc(Cl)sc1Cl. The van der Waals surface area contributed by atoms with Gasteiger partial charge in [0.15, 0.2) is 0 Å². The smallest absolute Gasteiger partial charge is 0.129 e. The molecule has 2 rings (SSSR count). The molecule has 1 unspecified atom stereocenters. The molecule has 3 nitrogen and oxygen atoms in total. The topological polar surface area (TPSA) is 34.4 Å². The van der Waals surface area contributed by atoms with Crippen molar-refractivity contribution in [2.45, 2.75) is 19.6 Å². The summed E-state index contributed by atoms with van der Waals surface area (Å²) in [5.41, 5.74) is 0.942. The summed E-state index contributed by atoms with van der Waals surface area (Å²) in [6, 6.07) is 5.63. The molecule has 0 spiro atoms. The minimum Gasteiger partial charge on any atom is -0.462 e. The third kappa shape index (κ3) is 3.52. The molecule has 0 aliphatic rings. The zero-order valence-electron chi connectivity index (χ0n) is 10.7. The van der Waals surface area contributed by atoms with Crippen molar-refractivity contribution in [1.82, 2.24) is 5.32 Å². The Kier molecular flexibility index (Phi) is 5.30. The summed E-state index contributed by atoms with van der Waals surface area (Å²) in [5, 5.41) is 3.35. The van der Waals surface area contributed by atoms with E-state index in [-0.39, 0.29) is 6.04 Å². The third-order valence-corrected chi connectivity index (χ3v) is 4.17. The van der Waals surface area contributed by atoms with Gasteiger partial charge in [-0.05, 0) is 24.7 Å². The van der Waals surface area contributed by atoms with Crippen LogP contribution in [-0.2, 0) is 11.3 Å². The van der Waals surface area contributed by atoms with E-state index in [1.165, 1.54) is 11.3 Å². The number of hydrogen-bond donors (Lipinski definition) is 1. The summed E-state index contributed by atoms with van der Waals surface area (Å²) in [4.78, 5) is 0. The molecule has 0 saturated heterocycles. The molecule has 104 valence electrons. The van der Waals surface area contributed by atoms with Crippen LogP contribution in [0, 0.1) is 0 Å². The molecule has 0 bridgehead atoms.